The zero-order chi connectivity index (χ0) is 18.8. The Kier molecular flexibility index (Phi) is 5.10. The number of nitrogens with one attached hydrogen (secondary N) is 1. The van der Waals surface area contributed by atoms with Crippen molar-refractivity contribution >= 4 is 21.6 Å². The minimum atomic E-state index is -4.03. The minimum Gasteiger partial charge on any atom is -0.495 e. The molecule has 0 aliphatic heterocycles. The van der Waals surface area contributed by atoms with Crippen molar-refractivity contribution in [3.63, 3.8) is 0 Å². The van der Waals surface area contributed by atoms with Gasteiger partial charge in [0.25, 0.3) is 0 Å². The number of methoxy groups -OCH3 is 1. The fourth-order valence-electron chi connectivity index (χ4n) is 2.48. The Morgan fingerprint density at radius 2 is 2.08 bits per heavy atom. The Morgan fingerprint density at radius 1 is 1.27 bits per heavy atom. The van der Waals surface area contributed by atoms with Crippen LogP contribution in [0.3, 0.4) is 0 Å². The molecule has 138 valence electrons. The summed E-state index contributed by atoms with van der Waals surface area (Å²) in [5, 5.41) is 11.3. The number of benzene rings is 1. The molecule has 0 aliphatic carbocycles. The van der Waals surface area contributed by atoms with Crippen molar-refractivity contribution in [3.8, 4) is 5.75 Å². The van der Waals surface area contributed by atoms with Gasteiger partial charge in [0.2, 0.25) is 10.0 Å². The summed E-state index contributed by atoms with van der Waals surface area (Å²) in [6.45, 7) is -0.391. The summed E-state index contributed by atoms with van der Waals surface area (Å²) in [5.74, 6) is 0.298. The average Bonchev–Trinajstić information content (AvgIpc) is 3.33. The SMILES string of the molecule is COc1ccc(Cl)cc1S(=O)(=O)NC[C@@](O)(c1ccoc1)c1ccco1. The van der Waals surface area contributed by atoms with Gasteiger partial charge in [0.1, 0.15) is 16.4 Å². The maximum atomic E-state index is 12.7. The van der Waals surface area contributed by atoms with Crippen LogP contribution in [0.15, 0.2) is 68.9 Å². The van der Waals surface area contributed by atoms with E-state index >= 15 is 0 Å². The van der Waals surface area contributed by atoms with Crippen molar-refractivity contribution in [1.82, 2.24) is 4.72 Å². The highest BCUT2D eigenvalue weighted by Gasteiger charge is 2.37. The zero-order valence-electron chi connectivity index (χ0n) is 13.7. The number of aliphatic hydroxyl groups is 1. The normalized spacial score (nSPS) is 14.1. The number of ether oxygens (including phenoxy) is 1. The molecule has 0 fully saturated rings. The van der Waals surface area contributed by atoms with E-state index in [1.807, 2.05) is 0 Å². The first-order valence-corrected chi connectivity index (χ1v) is 9.35. The highest BCUT2D eigenvalue weighted by Crippen LogP contribution is 2.31. The van der Waals surface area contributed by atoms with E-state index in [9.17, 15) is 13.5 Å². The summed E-state index contributed by atoms with van der Waals surface area (Å²) in [6.07, 6.45) is 4.07. The van der Waals surface area contributed by atoms with Crippen LogP contribution >= 0.6 is 11.6 Å². The molecule has 1 atom stereocenters. The summed E-state index contributed by atoms with van der Waals surface area (Å²) >= 11 is 5.91. The van der Waals surface area contributed by atoms with E-state index in [-0.39, 0.29) is 21.4 Å². The molecule has 0 saturated carbocycles. The van der Waals surface area contributed by atoms with Crippen LogP contribution in [0.1, 0.15) is 11.3 Å². The van der Waals surface area contributed by atoms with Gasteiger partial charge in [-0.05, 0) is 36.4 Å². The maximum Gasteiger partial charge on any atom is 0.244 e. The third kappa shape index (κ3) is 3.49. The lowest BCUT2D eigenvalue weighted by molar-refractivity contribution is 0.0613. The van der Waals surface area contributed by atoms with E-state index in [0.717, 1.165) is 0 Å². The largest absolute Gasteiger partial charge is 0.495 e. The van der Waals surface area contributed by atoms with Crippen LogP contribution in [0.4, 0.5) is 0 Å². The quantitative estimate of drug-likeness (QED) is 0.635. The molecule has 0 bridgehead atoms. The highest BCUT2D eigenvalue weighted by atomic mass is 35.5. The Hall–Kier alpha value is -2.26. The van der Waals surface area contributed by atoms with Crippen LogP contribution in [0, 0.1) is 0 Å². The predicted molar refractivity (Wildman–Crippen MR) is 93.6 cm³/mol. The van der Waals surface area contributed by atoms with Crippen LogP contribution in [-0.4, -0.2) is 27.2 Å². The Balaban J connectivity index is 1.94. The number of furan rings is 2. The minimum absolute atomic E-state index is 0.131. The number of sulfonamides is 1. The Morgan fingerprint density at radius 3 is 2.69 bits per heavy atom. The predicted octanol–water partition coefficient (Wildman–Crippen LogP) is 2.75. The summed E-state index contributed by atoms with van der Waals surface area (Å²) in [5.41, 5.74) is -1.41. The second-order valence-electron chi connectivity index (χ2n) is 5.47. The monoisotopic (exact) mass is 397 g/mol. The average molecular weight is 398 g/mol. The zero-order valence-corrected chi connectivity index (χ0v) is 15.3. The van der Waals surface area contributed by atoms with Gasteiger partial charge in [-0.2, -0.15) is 0 Å². The topological polar surface area (TPSA) is 102 Å². The van der Waals surface area contributed by atoms with Gasteiger partial charge in [0, 0.05) is 10.6 Å². The molecule has 0 unspecified atom stereocenters. The molecule has 1 aromatic carbocycles. The molecule has 0 radical (unpaired) electrons. The van der Waals surface area contributed by atoms with E-state index in [2.05, 4.69) is 4.72 Å². The van der Waals surface area contributed by atoms with E-state index in [1.165, 1.54) is 50.2 Å². The fourth-order valence-corrected chi connectivity index (χ4v) is 3.97. The number of hydrogen-bond acceptors (Lipinski definition) is 6. The van der Waals surface area contributed by atoms with Gasteiger partial charge in [0.05, 0.1) is 32.4 Å². The van der Waals surface area contributed by atoms with Gasteiger partial charge in [-0.1, -0.05) is 11.6 Å². The summed E-state index contributed by atoms with van der Waals surface area (Å²) < 4.78 is 43.2. The summed E-state index contributed by atoms with van der Waals surface area (Å²) in [6, 6.07) is 8.90. The Labute approximate surface area is 155 Å². The molecule has 2 aromatic heterocycles. The lowest BCUT2D eigenvalue weighted by Crippen LogP contribution is -2.41. The molecule has 0 spiro atoms. The standard InChI is InChI=1S/C17H16ClNO6S/c1-23-14-5-4-13(18)9-15(14)26(21,22)19-11-17(20,12-6-8-24-10-12)16-3-2-7-25-16/h2-10,19-20H,11H2,1H3/t17-/m1/s1. The van der Waals surface area contributed by atoms with Crippen LogP contribution in [0.5, 0.6) is 5.75 Å². The first-order valence-electron chi connectivity index (χ1n) is 7.49. The van der Waals surface area contributed by atoms with Crippen molar-refractivity contribution in [3.05, 3.63) is 71.5 Å². The molecule has 7 nitrogen and oxygen atoms in total. The van der Waals surface area contributed by atoms with E-state index in [4.69, 9.17) is 25.2 Å². The van der Waals surface area contributed by atoms with Gasteiger partial charge in [-0.25, -0.2) is 13.1 Å². The van der Waals surface area contributed by atoms with Crippen molar-refractivity contribution in [2.75, 3.05) is 13.7 Å². The van der Waals surface area contributed by atoms with Crippen LogP contribution in [-0.2, 0) is 15.6 Å². The van der Waals surface area contributed by atoms with Crippen LogP contribution < -0.4 is 9.46 Å². The van der Waals surface area contributed by atoms with E-state index in [1.54, 1.807) is 12.1 Å². The number of hydrogen-bond donors (Lipinski definition) is 2. The molecule has 9 heteroatoms. The third-order valence-electron chi connectivity index (χ3n) is 3.86. The van der Waals surface area contributed by atoms with Gasteiger partial charge < -0.3 is 18.7 Å². The highest BCUT2D eigenvalue weighted by molar-refractivity contribution is 7.89. The van der Waals surface area contributed by atoms with Gasteiger partial charge in [0.15, 0.2) is 5.60 Å². The summed E-state index contributed by atoms with van der Waals surface area (Å²) in [4.78, 5) is -0.138. The second-order valence-corrected chi connectivity index (χ2v) is 7.64. The van der Waals surface area contributed by atoms with Crippen molar-refractivity contribution in [2.24, 2.45) is 0 Å². The smallest absolute Gasteiger partial charge is 0.244 e. The molecule has 0 saturated heterocycles. The molecular formula is C17H16ClNO6S. The molecule has 0 amide bonds. The van der Waals surface area contributed by atoms with E-state index in [0.29, 0.717) is 5.56 Å². The molecule has 3 aromatic rings. The maximum absolute atomic E-state index is 12.7. The molecule has 2 N–H and O–H groups in total. The van der Waals surface area contributed by atoms with Crippen LogP contribution in [0.25, 0.3) is 0 Å². The molecular weight excluding hydrogens is 382 g/mol. The molecule has 3 rings (SSSR count). The first-order chi connectivity index (χ1) is 12.4. The van der Waals surface area contributed by atoms with Crippen molar-refractivity contribution in [1.29, 1.82) is 0 Å². The van der Waals surface area contributed by atoms with Crippen molar-refractivity contribution < 1.29 is 27.1 Å². The van der Waals surface area contributed by atoms with Gasteiger partial charge in [-0.3, -0.25) is 0 Å². The third-order valence-corrected chi connectivity index (χ3v) is 5.52. The first kappa shape index (κ1) is 18.5. The lowest BCUT2D eigenvalue weighted by Gasteiger charge is -2.25. The van der Waals surface area contributed by atoms with Crippen LogP contribution in [0.2, 0.25) is 5.02 Å². The number of rotatable bonds is 7. The van der Waals surface area contributed by atoms with Gasteiger partial charge in [-0.15, -0.1) is 0 Å². The summed E-state index contributed by atoms with van der Waals surface area (Å²) in [7, 11) is -2.68. The lowest BCUT2D eigenvalue weighted by atomic mass is 9.94. The van der Waals surface area contributed by atoms with E-state index < -0.39 is 22.2 Å². The fraction of sp³-hybridized carbons (Fsp3) is 0.176. The molecule has 2 heterocycles. The van der Waals surface area contributed by atoms with Gasteiger partial charge >= 0.3 is 0 Å². The molecule has 26 heavy (non-hydrogen) atoms. The Bertz CT molecular complexity index is 933. The second kappa shape index (κ2) is 7.16. The number of halogens is 1. The molecule has 0 aliphatic rings. The van der Waals surface area contributed by atoms with Crippen molar-refractivity contribution in [2.45, 2.75) is 10.5 Å².